The SMILES string of the molecule is CCC(CSC)NC(=O)c1ccc(C#N)cc1. The standard InChI is InChI=1S/C13H16N2OS/c1-3-12(9-17-2)15-13(16)11-6-4-10(8-14)5-7-11/h4-7,12H,3,9H2,1-2H3,(H,15,16). The Labute approximate surface area is 106 Å². The molecule has 1 atom stereocenters. The molecule has 0 radical (unpaired) electrons. The van der Waals surface area contributed by atoms with Crippen molar-refractivity contribution in [1.29, 1.82) is 5.26 Å². The van der Waals surface area contributed by atoms with Crippen molar-refractivity contribution in [2.75, 3.05) is 12.0 Å². The molecule has 1 rings (SSSR count). The van der Waals surface area contributed by atoms with E-state index >= 15 is 0 Å². The molecule has 1 aromatic carbocycles. The minimum absolute atomic E-state index is 0.0737. The van der Waals surface area contributed by atoms with Crippen LogP contribution in [0.3, 0.4) is 0 Å². The second kappa shape index (κ2) is 6.97. The fourth-order valence-electron chi connectivity index (χ4n) is 1.43. The van der Waals surface area contributed by atoms with Gasteiger partial charge in [0.1, 0.15) is 0 Å². The number of rotatable bonds is 5. The number of amides is 1. The van der Waals surface area contributed by atoms with Crippen molar-refractivity contribution in [2.45, 2.75) is 19.4 Å². The summed E-state index contributed by atoms with van der Waals surface area (Å²) in [5.41, 5.74) is 1.17. The molecule has 3 nitrogen and oxygen atoms in total. The van der Waals surface area contributed by atoms with Crippen LogP contribution >= 0.6 is 11.8 Å². The predicted octanol–water partition coefficient (Wildman–Crippen LogP) is 2.43. The van der Waals surface area contributed by atoms with Gasteiger partial charge in [0.2, 0.25) is 0 Å². The van der Waals surface area contributed by atoms with Crippen LogP contribution in [0, 0.1) is 11.3 Å². The molecule has 0 fully saturated rings. The van der Waals surface area contributed by atoms with Gasteiger partial charge in [-0.15, -0.1) is 0 Å². The van der Waals surface area contributed by atoms with E-state index in [1.165, 1.54) is 0 Å². The maximum atomic E-state index is 11.9. The van der Waals surface area contributed by atoms with Crippen LogP contribution < -0.4 is 5.32 Å². The van der Waals surface area contributed by atoms with E-state index in [4.69, 9.17) is 5.26 Å². The second-order valence-corrected chi connectivity index (χ2v) is 4.63. The molecule has 0 aromatic heterocycles. The predicted molar refractivity (Wildman–Crippen MR) is 71.1 cm³/mol. The van der Waals surface area contributed by atoms with Gasteiger partial charge in [-0.25, -0.2) is 0 Å². The Hall–Kier alpha value is -1.47. The first kappa shape index (κ1) is 13.6. The van der Waals surface area contributed by atoms with Crippen LogP contribution in [0.15, 0.2) is 24.3 Å². The van der Waals surface area contributed by atoms with Gasteiger partial charge in [0.25, 0.3) is 5.91 Å². The third kappa shape index (κ3) is 4.12. The molecule has 0 aliphatic heterocycles. The van der Waals surface area contributed by atoms with E-state index in [1.54, 1.807) is 36.0 Å². The molecule has 1 N–H and O–H groups in total. The summed E-state index contributed by atoms with van der Waals surface area (Å²) in [5.74, 6) is 0.841. The Morgan fingerprint density at radius 3 is 2.59 bits per heavy atom. The highest BCUT2D eigenvalue weighted by atomic mass is 32.2. The normalized spacial score (nSPS) is 11.6. The zero-order chi connectivity index (χ0) is 12.7. The van der Waals surface area contributed by atoms with Crippen LogP contribution in [0.1, 0.15) is 29.3 Å². The van der Waals surface area contributed by atoms with E-state index in [0.29, 0.717) is 11.1 Å². The van der Waals surface area contributed by atoms with Gasteiger partial charge in [0.15, 0.2) is 0 Å². The zero-order valence-electron chi connectivity index (χ0n) is 10.1. The zero-order valence-corrected chi connectivity index (χ0v) is 10.9. The van der Waals surface area contributed by atoms with E-state index in [-0.39, 0.29) is 11.9 Å². The summed E-state index contributed by atoms with van der Waals surface area (Å²) in [7, 11) is 0. The summed E-state index contributed by atoms with van der Waals surface area (Å²) in [5, 5.41) is 11.6. The molecule has 0 saturated heterocycles. The van der Waals surface area contributed by atoms with Gasteiger partial charge >= 0.3 is 0 Å². The minimum Gasteiger partial charge on any atom is -0.348 e. The molecule has 1 unspecified atom stereocenters. The molecule has 0 spiro atoms. The third-order valence-corrected chi connectivity index (χ3v) is 3.21. The Balaban J connectivity index is 2.66. The van der Waals surface area contributed by atoms with Crippen molar-refractivity contribution in [3.8, 4) is 6.07 Å². The molecule has 17 heavy (non-hydrogen) atoms. The quantitative estimate of drug-likeness (QED) is 0.870. The van der Waals surface area contributed by atoms with E-state index in [0.717, 1.165) is 12.2 Å². The molecule has 1 amide bonds. The maximum absolute atomic E-state index is 11.9. The largest absolute Gasteiger partial charge is 0.348 e. The summed E-state index contributed by atoms with van der Waals surface area (Å²) in [6.45, 7) is 2.06. The monoisotopic (exact) mass is 248 g/mol. The number of nitriles is 1. The molecule has 0 saturated carbocycles. The Morgan fingerprint density at radius 1 is 1.47 bits per heavy atom. The van der Waals surface area contributed by atoms with E-state index in [9.17, 15) is 4.79 Å². The molecule has 1 aromatic rings. The van der Waals surface area contributed by atoms with Gasteiger partial charge in [0, 0.05) is 17.4 Å². The van der Waals surface area contributed by atoms with E-state index in [2.05, 4.69) is 12.2 Å². The number of nitrogens with zero attached hydrogens (tertiary/aromatic N) is 1. The molecule has 0 bridgehead atoms. The lowest BCUT2D eigenvalue weighted by Gasteiger charge is -2.15. The van der Waals surface area contributed by atoms with Crippen molar-refractivity contribution >= 4 is 17.7 Å². The second-order valence-electron chi connectivity index (χ2n) is 3.72. The molecule has 4 heteroatoms. The topological polar surface area (TPSA) is 52.9 Å². The van der Waals surface area contributed by atoms with Crippen molar-refractivity contribution in [3.05, 3.63) is 35.4 Å². The number of thioether (sulfide) groups is 1. The van der Waals surface area contributed by atoms with Crippen molar-refractivity contribution in [2.24, 2.45) is 0 Å². The van der Waals surface area contributed by atoms with Crippen LogP contribution in [0.25, 0.3) is 0 Å². The van der Waals surface area contributed by atoms with E-state index < -0.39 is 0 Å². The first-order valence-corrected chi connectivity index (χ1v) is 6.90. The Morgan fingerprint density at radius 2 is 2.12 bits per heavy atom. The van der Waals surface area contributed by atoms with E-state index in [1.807, 2.05) is 12.3 Å². The molecular weight excluding hydrogens is 232 g/mol. The van der Waals surface area contributed by atoms with Gasteiger partial charge in [0.05, 0.1) is 11.6 Å². The molecule has 0 aliphatic carbocycles. The highest BCUT2D eigenvalue weighted by Gasteiger charge is 2.11. The fraction of sp³-hybridized carbons (Fsp3) is 0.385. The van der Waals surface area contributed by atoms with Gasteiger partial charge in [-0.1, -0.05) is 6.92 Å². The van der Waals surface area contributed by atoms with Crippen molar-refractivity contribution < 1.29 is 4.79 Å². The minimum atomic E-state index is -0.0737. The van der Waals surface area contributed by atoms with Crippen molar-refractivity contribution in [1.82, 2.24) is 5.32 Å². The summed E-state index contributed by atoms with van der Waals surface area (Å²) >= 11 is 1.72. The average molecular weight is 248 g/mol. The summed E-state index contributed by atoms with van der Waals surface area (Å²) in [6, 6.07) is 8.91. The van der Waals surface area contributed by atoms with Gasteiger partial charge in [-0.3, -0.25) is 4.79 Å². The molecular formula is C13H16N2OS. The Kier molecular flexibility index (Phi) is 5.58. The molecule has 0 aliphatic rings. The first-order chi connectivity index (χ1) is 8.21. The highest BCUT2D eigenvalue weighted by molar-refractivity contribution is 7.98. The lowest BCUT2D eigenvalue weighted by molar-refractivity contribution is 0.0940. The number of carbonyl (C=O) groups is 1. The van der Waals surface area contributed by atoms with Gasteiger partial charge in [-0.2, -0.15) is 17.0 Å². The fourth-order valence-corrected chi connectivity index (χ4v) is 2.15. The Bertz CT molecular complexity index is 408. The van der Waals surface area contributed by atoms with Crippen molar-refractivity contribution in [3.63, 3.8) is 0 Å². The number of benzene rings is 1. The summed E-state index contributed by atoms with van der Waals surface area (Å²) in [4.78, 5) is 11.9. The lowest BCUT2D eigenvalue weighted by atomic mass is 10.1. The van der Waals surface area contributed by atoms with Crippen LogP contribution in [0.4, 0.5) is 0 Å². The van der Waals surface area contributed by atoms with Crippen LogP contribution in [0.2, 0.25) is 0 Å². The number of hydrogen-bond acceptors (Lipinski definition) is 3. The maximum Gasteiger partial charge on any atom is 0.251 e. The van der Waals surface area contributed by atoms with Crippen LogP contribution in [0.5, 0.6) is 0 Å². The summed E-state index contributed by atoms with van der Waals surface area (Å²) in [6.07, 6.45) is 2.94. The van der Waals surface area contributed by atoms with Crippen LogP contribution in [-0.4, -0.2) is 24.0 Å². The third-order valence-electron chi connectivity index (χ3n) is 2.47. The summed E-state index contributed by atoms with van der Waals surface area (Å²) < 4.78 is 0. The number of hydrogen-bond donors (Lipinski definition) is 1. The molecule has 0 heterocycles. The average Bonchev–Trinajstić information content (AvgIpc) is 2.38. The first-order valence-electron chi connectivity index (χ1n) is 5.51. The highest BCUT2D eigenvalue weighted by Crippen LogP contribution is 2.06. The van der Waals surface area contributed by atoms with Crippen LogP contribution in [-0.2, 0) is 0 Å². The lowest BCUT2D eigenvalue weighted by Crippen LogP contribution is -2.36. The van der Waals surface area contributed by atoms with Gasteiger partial charge in [-0.05, 0) is 36.9 Å². The van der Waals surface area contributed by atoms with Gasteiger partial charge < -0.3 is 5.32 Å². The molecule has 90 valence electrons. The smallest absolute Gasteiger partial charge is 0.251 e. The number of nitrogens with one attached hydrogen (secondary N) is 1. The number of carbonyl (C=O) groups excluding carboxylic acids is 1.